The minimum atomic E-state index is -0.0163. The number of imidazole rings is 1. The van der Waals surface area contributed by atoms with Crippen LogP contribution >= 0.6 is 0 Å². The largest absolute Gasteiger partial charge is 0.330 e. The van der Waals surface area contributed by atoms with E-state index in [1.54, 1.807) is 0 Å². The van der Waals surface area contributed by atoms with Gasteiger partial charge in [-0.2, -0.15) is 0 Å². The summed E-state index contributed by atoms with van der Waals surface area (Å²) >= 11 is 0. The van der Waals surface area contributed by atoms with Crippen molar-refractivity contribution in [2.75, 3.05) is 0 Å². The average Bonchev–Trinajstić information content (AvgIpc) is 2.45. The third-order valence-electron chi connectivity index (χ3n) is 2.23. The van der Waals surface area contributed by atoms with Crippen LogP contribution in [0.5, 0.6) is 0 Å². The number of aromatic nitrogens is 2. The van der Waals surface area contributed by atoms with E-state index in [9.17, 15) is 0 Å². The van der Waals surface area contributed by atoms with Gasteiger partial charge in [-0.3, -0.25) is 0 Å². The number of rotatable bonds is 1. The van der Waals surface area contributed by atoms with Crippen LogP contribution in [0.4, 0.5) is 0 Å². The number of nitrogens with two attached hydrogens (primary N) is 1. The summed E-state index contributed by atoms with van der Waals surface area (Å²) in [5.41, 5.74) is 7.94. The van der Waals surface area contributed by atoms with Gasteiger partial charge in [-0.05, 0) is 19.1 Å². The van der Waals surface area contributed by atoms with Gasteiger partial charge in [0.25, 0.3) is 0 Å². The molecule has 1 unspecified atom stereocenters. The van der Waals surface area contributed by atoms with Gasteiger partial charge in [0.1, 0.15) is 5.82 Å². The summed E-state index contributed by atoms with van der Waals surface area (Å²) in [6.07, 6.45) is 0. The van der Waals surface area contributed by atoms with Crippen molar-refractivity contribution in [3.63, 3.8) is 0 Å². The molecule has 1 aromatic carbocycles. The van der Waals surface area contributed by atoms with Gasteiger partial charge in [-0.1, -0.05) is 12.1 Å². The Labute approximate surface area is 77.2 Å². The molecule has 1 atom stereocenters. The molecule has 0 aliphatic carbocycles. The zero-order valence-electron chi connectivity index (χ0n) is 7.86. The molecular formula is C10H13N3. The number of hydrogen-bond donors (Lipinski definition) is 1. The van der Waals surface area contributed by atoms with Crippen LogP contribution in [0.25, 0.3) is 11.0 Å². The van der Waals surface area contributed by atoms with E-state index >= 15 is 0 Å². The average molecular weight is 175 g/mol. The van der Waals surface area contributed by atoms with Crippen LogP contribution in [0, 0.1) is 0 Å². The fraction of sp³-hybridized carbons (Fsp3) is 0.300. The molecule has 3 nitrogen and oxygen atoms in total. The maximum absolute atomic E-state index is 5.80. The molecule has 0 saturated heterocycles. The van der Waals surface area contributed by atoms with E-state index in [0.717, 1.165) is 16.9 Å². The van der Waals surface area contributed by atoms with Crippen LogP contribution in [-0.2, 0) is 7.05 Å². The molecule has 2 N–H and O–H groups in total. The smallest absolute Gasteiger partial charge is 0.126 e. The lowest BCUT2D eigenvalue weighted by atomic mass is 10.3. The van der Waals surface area contributed by atoms with Gasteiger partial charge in [-0.25, -0.2) is 4.98 Å². The van der Waals surface area contributed by atoms with Crippen LogP contribution in [-0.4, -0.2) is 9.55 Å². The molecule has 0 bridgehead atoms. The number of aryl methyl sites for hydroxylation is 1. The molecule has 68 valence electrons. The minimum Gasteiger partial charge on any atom is -0.330 e. The van der Waals surface area contributed by atoms with Crippen molar-refractivity contribution >= 4 is 11.0 Å². The molecule has 0 aliphatic heterocycles. The lowest BCUT2D eigenvalue weighted by Crippen LogP contribution is -2.11. The van der Waals surface area contributed by atoms with Crippen molar-refractivity contribution in [1.29, 1.82) is 0 Å². The lowest BCUT2D eigenvalue weighted by molar-refractivity contribution is 0.696. The summed E-state index contributed by atoms with van der Waals surface area (Å²) in [4.78, 5) is 4.45. The lowest BCUT2D eigenvalue weighted by Gasteiger charge is -2.04. The Hall–Kier alpha value is -1.35. The third kappa shape index (κ3) is 1.21. The fourth-order valence-electron chi connectivity index (χ4n) is 1.57. The Kier molecular flexibility index (Phi) is 1.81. The first-order valence-corrected chi connectivity index (χ1v) is 4.37. The van der Waals surface area contributed by atoms with Crippen molar-refractivity contribution < 1.29 is 0 Å². The summed E-state index contributed by atoms with van der Waals surface area (Å²) in [5.74, 6) is 0.932. The Balaban J connectivity index is 2.74. The van der Waals surface area contributed by atoms with Crippen molar-refractivity contribution in [2.24, 2.45) is 12.8 Å². The SMILES string of the molecule is CC(N)c1nc2ccccc2n1C. The first-order valence-electron chi connectivity index (χ1n) is 4.37. The maximum Gasteiger partial charge on any atom is 0.126 e. The Morgan fingerprint density at radius 3 is 2.69 bits per heavy atom. The topological polar surface area (TPSA) is 43.8 Å². The predicted octanol–water partition coefficient (Wildman–Crippen LogP) is 1.59. The third-order valence-corrected chi connectivity index (χ3v) is 2.23. The highest BCUT2D eigenvalue weighted by Gasteiger charge is 2.09. The zero-order chi connectivity index (χ0) is 9.42. The first kappa shape index (κ1) is 8.26. The van der Waals surface area contributed by atoms with Crippen LogP contribution in [0.15, 0.2) is 24.3 Å². The van der Waals surface area contributed by atoms with Gasteiger partial charge < -0.3 is 10.3 Å². The maximum atomic E-state index is 5.80. The molecule has 1 aromatic heterocycles. The van der Waals surface area contributed by atoms with Crippen LogP contribution in [0.2, 0.25) is 0 Å². The van der Waals surface area contributed by atoms with Crippen molar-refractivity contribution in [1.82, 2.24) is 9.55 Å². The minimum absolute atomic E-state index is 0.0163. The standard InChI is InChI=1S/C10H13N3/c1-7(11)10-12-8-5-3-4-6-9(8)13(10)2/h3-7H,11H2,1-2H3. The molecule has 0 spiro atoms. The Bertz CT molecular complexity index is 429. The zero-order valence-corrected chi connectivity index (χ0v) is 7.86. The summed E-state index contributed by atoms with van der Waals surface area (Å²) in [7, 11) is 1.99. The first-order chi connectivity index (χ1) is 6.20. The van der Waals surface area contributed by atoms with E-state index in [-0.39, 0.29) is 6.04 Å². The highest BCUT2D eigenvalue weighted by atomic mass is 15.1. The Morgan fingerprint density at radius 1 is 1.38 bits per heavy atom. The highest BCUT2D eigenvalue weighted by Crippen LogP contribution is 2.17. The number of benzene rings is 1. The molecule has 0 saturated carbocycles. The molecule has 13 heavy (non-hydrogen) atoms. The van der Waals surface area contributed by atoms with Gasteiger partial charge in [0.15, 0.2) is 0 Å². The quantitative estimate of drug-likeness (QED) is 0.715. The normalized spacial score (nSPS) is 13.5. The van der Waals surface area contributed by atoms with E-state index in [2.05, 4.69) is 4.98 Å². The van der Waals surface area contributed by atoms with Crippen LogP contribution in [0.3, 0.4) is 0 Å². The highest BCUT2D eigenvalue weighted by molar-refractivity contribution is 5.75. The molecule has 0 amide bonds. The molecule has 0 aliphatic rings. The van der Waals surface area contributed by atoms with Gasteiger partial charge in [-0.15, -0.1) is 0 Å². The van der Waals surface area contributed by atoms with Crippen molar-refractivity contribution in [3.8, 4) is 0 Å². The number of hydrogen-bond acceptors (Lipinski definition) is 2. The van der Waals surface area contributed by atoms with Gasteiger partial charge in [0, 0.05) is 7.05 Å². The molecule has 0 fully saturated rings. The van der Waals surface area contributed by atoms with E-state index in [1.165, 1.54) is 0 Å². The molecule has 3 heteroatoms. The van der Waals surface area contributed by atoms with Gasteiger partial charge in [0.05, 0.1) is 17.1 Å². The summed E-state index contributed by atoms with van der Waals surface area (Å²) in [6, 6.07) is 8.03. The second-order valence-corrected chi connectivity index (χ2v) is 3.31. The van der Waals surface area contributed by atoms with E-state index in [4.69, 9.17) is 5.73 Å². The van der Waals surface area contributed by atoms with Crippen LogP contribution < -0.4 is 5.73 Å². The van der Waals surface area contributed by atoms with Crippen molar-refractivity contribution in [3.05, 3.63) is 30.1 Å². The Morgan fingerprint density at radius 2 is 2.08 bits per heavy atom. The van der Waals surface area contributed by atoms with Crippen LogP contribution in [0.1, 0.15) is 18.8 Å². The number of nitrogens with zero attached hydrogens (tertiary/aromatic N) is 2. The van der Waals surface area contributed by atoms with E-state index < -0.39 is 0 Å². The second-order valence-electron chi connectivity index (χ2n) is 3.31. The molecule has 2 rings (SSSR count). The van der Waals surface area contributed by atoms with E-state index in [1.807, 2.05) is 42.8 Å². The molecule has 2 aromatic rings. The molecular weight excluding hydrogens is 162 g/mol. The van der Waals surface area contributed by atoms with Gasteiger partial charge >= 0.3 is 0 Å². The molecule has 0 radical (unpaired) electrons. The number of fused-ring (bicyclic) bond motifs is 1. The fourth-order valence-corrected chi connectivity index (χ4v) is 1.57. The number of para-hydroxylation sites is 2. The summed E-state index contributed by atoms with van der Waals surface area (Å²) in [5, 5.41) is 0. The molecule has 1 heterocycles. The van der Waals surface area contributed by atoms with Gasteiger partial charge in [0.2, 0.25) is 0 Å². The second kappa shape index (κ2) is 2.85. The van der Waals surface area contributed by atoms with Crippen molar-refractivity contribution in [2.45, 2.75) is 13.0 Å². The van der Waals surface area contributed by atoms with E-state index in [0.29, 0.717) is 0 Å². The predicted molar refractivity (Wildman–Crippen MR) is 53.3 cm³/mol. The monoisotopic (exact) mass is 175 g/mol. The summed E-state index contributed by atoms with van der Waals surface area (Å²) in [6.45, 7) is 1.95. The summed E-state index contributed by atoms with van der Waals surface area (Å²) < 4.78 is 2.04.